The van der Waals surface area contributed by atoms with Gasteiger partial charge >= 0.3 is 0 Å². The number of aromatic nitrogens is 1. The molecule has 0 unspecified atom stereocenters. The summed E-state index contributed by atoms with van der Waals surface area (Å²) in [6.45, 7) is 3.72. The smallest absolute Gasteiger partial charge is 0.259 e. The monoisotopic (exact) mass is 533 g/mol. The fourth-order valence-electron chi connectivity index (χ4n) is 4.26. The molecule has 2 aromatic carbocycles. The number of halogens is 2. The third kappa shape index (κ3) is 6.41. The lowest BCUT2D eigenvalue weighted by Crippen LogP contribution is -2.50. The van der Waals surface area contributed by atoms with Crippen molar-refractivity contribution in [2.75, 3.05) is 26.7 Å². The van der Waals surface area contributed by atoms with E-state index in [-0.39, 0.29) is 54.3 Å². The SMILES string of the molecule is C[C@@H]1CN([C@@H](C)CO)C(=O)c2cc(C#Cc3ccc(F)cc3)cnc2O[C@H]1CN(C)C(=O)c1ccccc1F. The van der Waals surface area contributed by atoms with Gasteiger partial charge in [-0.3, -0.25) is 9.59 Å². The zero-order valence-electron chi connectivity index (χ0n) is 21.9. The molecule has 0 saturated heterocycles. The Balaban J connectivity index is 1.65. The van der Waals surface area contributed by atoms with Gasteiger partial charge in [-0.05, 0) is 49.4 Å². The first-order valence-electron chi connectivity index (χ1n) is 12.5. The first-order chi connectivity index (χ1) is 18.7. The van der Waals surface area contributed by atoms with Crippen molar-refractivity contribution in [2.24, 2.45) is 5.92 Å². The molecule has 0 fully saturated rings. The summed E-state index contributed by atoms with van der Waals surface area (Å²) >= 11 is 0. The first kappa shape index (κ1) is 27.7. The Bertz CT molecular complexity index is 1420. The molecule has 7 nitrogen and oxygen atoms in total. The topological polar surface area (TPSA) is 83.0 Å². The Morgan fingerprint density at radius 2 is 1.87 bits per heavy atom. The molecule has 0 spiro atoms. The molecule has 202 valence electrons. The summed E-state index contributed by atoms with van der Waals surface area (Å²) in [5.74, 6) is 3.82. The molecule has 1 aromatic heterocycles. The predicted molar refractivity (Wildman–Crippen MR) is 141 cm³/mol. The second-order valence-electron chi connectivity index (χ2n) is 9.62. The van der Waals surface area contributed by atoms with E-state index in [1.807, 2.05) is 6.92 Å². The largest absolute Gasteiger partial charge is 0.472 e. The predicted octanol–water partition coefficient (Wildman–Crippen LogP) is 3.75. The minimum atomic E-state index is -0.615. The van der Waals surface area contributed by atoms with Gasteiger partial charge in [-0.2, -0.15) is 0 Å². The van der Waals surface area contributed by atoms with Gasteiger partial charge in [0.1, 0.15) is 23.3 Å². The van der Waals surface area contributed by atoms with Crippen molar-refractivity contribution in [3.63, 3.8) is 0 Å². The Kier molecular flexibility index (Phi) is 8.57. The molecule has 4 rings (SSSR count). The van der Waals surface area contributed by atoms with Crippen LogP contribution in [0.4, 0.5) is 8.78 Å². The molecule has 1 N–H and O–H groups in total. The summed E-state index contributed by atoms with van der Waals surface area (Å²) in [7, 11) is 1.56. The minimum Gasteiger partial charge on any atom is -0.472 e. The van der Waals surface area contributed by atoms with Crippen LogP contribution in [0, 0.1) is 29.4 Å². The highest BCUT2D eigenvalue weighted by atomic mass is 19.1. The number of benzene rings is 2. The number of carbonyl (C=O) groups is 2. The first-order valence-corrected chi connectivity index (χ1v) is 12.5. The van der Waals surface area contributed by atoms with Crippen LogP contribution in [0.1, 0.15) is 45.7 Å². The van der Waals surface area contributed by atoms with Crippen molar-refractivity contribution < 1.29 is 28.2 Å². The lowest BCUT2D eigenvalue weighted by Gasteiger charge is -2.37. The summed E-state index contributed by atoms with van der Waals surface area (Å²) in [5.41, 5.74) is 1.16. The van der Waals surface area contributed by atoms with Crippen LogP contribution in [0.5, 0.6) is 5.88 Å². The van der Waals surface area contributed by atoms with Crippen molar-refractivity contribution in [1.82, 2.24) is 14.8 Å². The van der Waals surface area contributed by atoms with Crippen molar-refractivity contribution in [3.8, 4) is 17.7 Å². The fraction of sp³-hybridized carbons (Fsp3) is 0.300. The molecule has 1 aliphatic rings. The lowest BCUT2D eigenvalue weighted by atomic mass is 9.99. The van der Waals surface area contributed by atoms with E-state index in [0.717, 1.165) is 0 Å². The molecule has 3 aromatic rings. The maximum Gasteiger partial charge on any atom is 0.259 e. The number of aliphatic hydroxyl groups excluding tert-OH is 1. The van der Waals surface area contributed by atoms with Crippen LogP contribution in [0.2, 0.25) is 0 Å². The highest BCUT2D eigenvalue weighted by Gasteiger charge is 2.35. The van der Waals surface area contributed by atoms with Gasteiger partial charge in [0.2, 0.25) is 5.88 Å². The number of pyridine rings is 1. The van der Waals surface area contributed by atoms with E-state index in [1.165, 1.54) is 41.4 Å². The van der Waals surface area contributed by atoms with Crippen LogP contribution in [0.15, 0.2) is 60.8 Å². The molecular weight excluding hydrogens is 504 g/mol. The third-order valence-corrected chi connectivity index (χ3v) is 6.62. The zero-order chi connectivity index (χ0) is 28.1. The van der Waals surface area contributed by atoms with Gasteiger partial charge < -0.3 is 19.6 Å². The van der Waals surface area contributed by atoms with Crippen molar-refractivity contribution in [2.45, 2.75) is 26.0 Å². The highest BCUT2D eigenvalue weighted by molar-refractivity contribution is 5.97. The number of ether oxygens (including phenoxy) is 1. The molecule has 2 amide bonds. The minimum absolute atomic E-state index is 0.0490. The lowest BCUT2D eigenvalue weighted by molar-refractivity contribution is 0.0312. The Labute approximate surface area is 226 Å². The molecular formula is C30H29F2N3O4. The van der Waals surface area contributed by atoms with E-state index in [4.69, 9.17) is 4.74 Å². The number of hydrogen-bond donors (Lipinski definition) is 1. The van der Waals surface area contributed by atoms with Crippen molar-refractivity contribution >= 4 is 11.8 Å². The number of rotatable bonds is 5. The number of hydrogen-bond acceptors (Lipinski definition) is 5. The van der Waals surface area contributed by atoms with Gasteiger partial charge in [0, 0.05) is 36.8 Å². The van der Waals surface area contributed by atoms with Gasteiger partial charge in [-0.15, -0.1) is 0 Å². The number of amides is 2. The summed E-state index contributed by atoms with van der Waals surface area (Å²) < 4.78 is 33.6. The maximum absolute atomic E-state index is 14.2. The fourth-order valence-corrected chi connectivity index (χ4v) is 4.26. The van der Waals surface area contributed by atoms with Crippen LogP contribution >= 0.6 is 0 Å². The highest BCUT2D eigenvalue weighted by Crippen LogP contribution is 2.27. The number of likely N-dealkylation sites (N-methyl/N-ethyl adjacent to an activating group) is 1. The van der Waals surface area contributed by atoms with Gasteiger partial charge in [0.25, 0.3) is 11.8 Å². The number of fused-ring (bicyclic) bond motifs is 1. The van der Waals surface area contributed by atoms with Crippen LogP contribution in [0.25, 0.3) is 0 Å². The van der Waals surface area contributed by atoms with Gasteiger partial charge in [0.15, 0.2) is 0 Å². The Morgan fingerprint density at radius 3 is 2.56 bits per heavy atom. The Morgan fingerprint density at radius 1 is 1.18 bits per heavy atom. The van der Waals surface area contributed by atoms with E-state index in [2.05, 4.69) is 16.8 Å². The van der Waals surface area contributed by atoms with Crippen LogP contribution in [0.3, 0.4) is 0 Å². The second-order valence-corrected chi connectivity index (χ2v) is 9.62. The molecule has 0 aliphatic carbocycles. The number of nitrogens with zero attached hydrogens (tertiary/aromatic N) is 3. The van der Waals surface area contributed by atoms with E-state index in [9.17, 15) is 23.5 Å². The van der Waals surface area contributed by atoms with Crippen LogP contribution < -0.4 is 4.74 Å². The van der Waals surface area contributed by atoms with Gasteiger partial charge in [0.05, 0.1) is 24.8 Å². The van der Waals surface area contributed by atoms with E-state index in [0.29, 0.717) is 11.1 Å². The summed E-state index contributed by atoms with van der Waals surface area (Å²) in [4.78, 5) is 33.8. The molecule has 0 radical (unpaired) electrons. The van der Waals surface area contributed by atoms with E-state index >= 15 is 0 Å². The molecule has 39 heavy (non-hydrogen) atoms. The average Bonchev–Trinajstić information content (AvgIpc) is 2.94. The maximum atomic E-state index is 14.2. The number of carbonyl (C=O) groups excluding carboxylic acids is 2. The van der Waals surface area contributed by atoms with Crippen LogP contribution in [-0.4, -0.2) is 70.6 Å². The molecule has 0 saturated carbocycles. The van der Waals surface area contributed by atoms with Gasteiger partial charge in [-0.25, -0.2) is 13.8 Å². The van der Waals surface area contributed by atoms with Crippen molar-refractivity contribution in [3.05, 3.63) is 94.7 Å². The molecule has 0 bridgehead atoms. The van der Waals surface area contributed by atoms with E-state index < -0.39 is 23.9 Å². The van der Waals surface area contributed by atoms with Gasteiger partial charge in [-0.1, -0.05) is 30.9 Å². The standard InChI is InChI=1S/C30H29F2N3O4/c1-19-16-35(20(2)18-36)30(38)25-14-22(9-8-21-10-12-23(31)13-11-21)15-33-28(25)39-27(19)17-34(3)29(37)24-6-4-5-7-26(24)32/h4-7,10-15,19-20,27,36H,16-18H2,1-3H3/t19-,20+,27+/m1/s1. The Hall–Kier alpha value is -4.29. The summed E-state index contributed by atoms with van der Waals surface area (Å²) in [5, 5.41) is 9.84. The molecule has 1 aliphatic heterocycles. The van der Waals surface area contributed by atoms with Crippen LogP contribution in [-0.2, 0) is 0 Å². The molecule has 9 heteroatoms. The van der Waals surface area contributed by atoms with Crippen molar-refractivity contribution in [1.29, 1.82) is 0 Å². The molecule has 3 atom stereocenters. The van der Waals surface area contributed by atoms with E-state index in [1.54, 1.807) is 43.1 Å². The molecule has 2 heterocycles. The summed E-state index contributed by atoms with van der Waals surface area (Å²) in [6.07, 6.45) is 0.884. The quantitative estimate of drug-likeness (QED) is 0.506. The second kappa shape index (κ2) is 12.0. The average molecular weight is 534 g/mol. The zero-order valence-corrected chi connectivity index (χ0v) is 21.9. The normalized spacial score (nSPS) is 17.6. The number of aliphatic hydroxyl groups is 1. The third-order valence-electron chi connectivity index (χ3n) is 6.62. The summed E-state index contributed by atoms with van der Waals surface area (Å²) in [6, 6.07) is 12.6.